The van der Waals surface area contributed by atoms with E-state index in [1.807, 2.05) is 13.8 Å². The van der Waals surface area contributed by atoms with Gasteiger partial charge < -0.3 is 10.6 Å². The van der Waals surface area contributed by atoms with Gasteiger partial charge in [0.2, 0.25) is 11.8 Å². The molecule has 1 aliphatic rings. The van der Waals surface area contributed by atoms with Gasteiger partial charge in [0, 0.05) is 37.5 Å². The molecule has 2 aromatic rings. The SMILES string of the molecule is CCC1(c2ccc(NC(=O)C(=O)NCc3cn(C)nc3C)cc2)CCC(=O)NC1=O. The summed E-state index contributed by atoms with van der Waals surface area (Å²) in [5, 5.41) is 11.7. The first-order chi connectivity index (χ1) is 14.2. The van der Waals surface area contributed by atoms with E-state index in [2.05, 4.69) is 21.0 Å². The summed E-state index contributed by atoms with van der Waals surface area (Å²) >= 11 is 0. The minimum Gasteiger partial charge on any atom is -0.344 e. The van der Waals surface area contributed by atoms with Gasteiger partial charge in [0.05, 0.1) is 11.1 Å². The van der Waals surface area contributed by atoms with E-state index in [1.165, 1.54) is 0 Å². The Morgan fingerprint density at radius 1 is 1.20 bits per heavy atom. The Hall–Kier alpha value is -3.49. The molecule has 9 nitrogen and oxygen atoms in total. The highest BCUT2D eigenvalue weighted by atomic mass is 16.2. The normalized spacial score (nSPS) is 18.6. The highest BCUT2D eigenvalue weighted by Crippen LogP contribution is 2.36. The Kier molecular flexibility index (Phi) is 6.00. The van der Waals surface area contributed by atoms with Crippen molar-refractivity contribution < 1.29 is 19.2 Å². The first-order valence-electron chi connectivity index (χ1n) is 9.78. The molecule has 1 unspecified atom stereocenters. The standard InChI is InChI=1S/C21H25N5O4/c1-4-21(10-9-17(27)24-20(21)30)15-5-7-16(8-6-15)23-19(29)18(28)22-11-14-12-26(3)25-13(14)2/h5-8,12H,4,9-11H2,1-3H3,(H,22,28)(H,23,29)(H,24,27,30). The first-order valence-corrected chi connectivity index (χ1v) is 9.78. The second kappa shape index (κ2) is 8.48. The van der Waals surface area contributed by atoms with Crippen LogP contribution in [0.4, 0.5) is 5.69 Å². The average Bonchev–Trinajstić information content (AvgIpc) is 3.04. The van der Waals surface area contributed by atoms with E-state index in [4.69, 9.17) is 0 Å². The quantitative estimate of drug-likeness (QED) is 0.502. The summed E-state index contributed by atoms with van der Waals surface area (Å²) in [4.78, 5) is 48.2. The molecule has 0 saturated carbocycles. The summed E-state index contributed by atoms with van der Waals surface area (Å²) in [5.74, 6) is -2.10. The van der Waals surface area contributed by atoms with Crippen molar-refractivity contribution in [3.63, 3.8) is 0 Å². The largest absolute Gasteiger partial charge is 0.344 e. The summed E-state index contributed by atoms with van der Waals surface area (Å²) in [6.45, 7) is 3.94. The van der Waals surface area contributed by atoms with Crippen molar-refractivity contribution in [2.45, 2.75) is 45.1 Å². The van der Waals surface area contributed by atoms with Gasteiger partial charge >= 0.3 is 11.8 Å². The number of carbonyl (C=O) groups excluding carboxylic acids is 4. The number of anilines is 1. The molecular weight excluding hydrogens is 386 g/mol. The maximum absolute atomic E-state index is 12.5. The number of amides is 4. The van der Waals surface area contributed by atoms with Gasteiger partial charge in [-0.05, 0) is 37.5 Å². The highest BCUT2D eigenvalue weighted by molar-refractivity contribution is 6.39. The van der Waals surface area contributed by atoms with Crippen molar-refractivity contribution in [2.24, 2.45) is 7.05 Å². The number of hydrogen-bond acceptors (Lipinski definition) is 5. The van der Waals surface area contributed by atoms with Crippen LogP contribution in [-0.4, -0.2) is 33.4 Å². The molecule has 30 heavy (non-hydrogen) atoms. The molecule has 158 valence electrons. The van der Waals surface area contributed by atoms with Crippen LogP contribution in [0.5, 0.6) is 0 Å². The maximum Gasteiger partial charge on any atom is 0.313 e. The van der Waals surface area contributed by atoms with Gasteiger partial charge in [0.1, 0.15) is 0 Å². The van der Waals surface area contributed by atoms with E-state index in [9.17, 15) is 19.2 Å². The number of rotatable bonds is 5. The summed E-state index contributed by atoms with van der Waals surface area (Å²) in [7, 11) is 1.78. The van der Waals surface area contributed by atoms with Crippen LogP contribution >= 0.6 is 0 Å². The third-order valence-electron chi connectivity index (χ3n) is 5.53. The summed E-state index contributed by atoms with van der Waals surface area (Å²) in [5.41, 5.74) is 2.05. The van der Waals surface area contributed by atoms with Crippen LogP contribution in [-0.2, 0) is 38.2 Å². The molecule has 3 N–H and O–H groups in total. The lowest BCUT2D eigenvalue weighted by molar-refractivity contribution is -0.138. The molecule has 0 bridgehead atoms. The fraction of sp³-hybridized carbons (Fsp3) is 0.381. The zero-order chi connectivity index (χ0) is 21.9. The molecule has 1 aromatic heterocycles. The first kappa shape index (κ1) is 21.2. The lowest BCUT2D eigenvalue weighted by Crippen LogP contribution is -2.51. The van der Waals surface area contributed by atoms with Crippen molar-refractivity contribution >= 4 is 29.3 Å². The van der Waals surface area contributed by atoms with Gasteiger partial charge in [-0.1, -0.05) is 19.1 Å². The monoisotopic (exact) mass is 411 g/mol. The molecular formula is C21H25N5O4. The van der Waals surface area contributed by atoms with Gasteiger partial charge in [-0.2, -0.15) is 5.10 Å². The third-order valence-corrected chi connectivity index (χ3v) is 5.53. The van der Waals surface area contributed by atoms with Crippen molar-refractivity contribution in [3.8, 4) is 0 Å². The number of aromatic nitrogens is 2. The molecule has 1 aromatic carbocycles. The molecule has 0 spiro atoms. The average molecular weight is 411 g/mol. The number of imide groups is 1. The maximum atomic E-state index is 12.5. The Morgan fingerprint density at radius 3 is 2.47 bits per heavy atom. The molecule has 1 aliphatic heterocycles. The summed E-state index contributed by atoms with van der Waals surface area (Å²) < 4.78 is 1.64. The predicted molar refractivity (Wildman–Crippen MR) is 109 cm³/mol. The number of benzene rings is 1. The summed E-state index contributed by atoms with van der Waals surface area (Å²) in [6, 6.07) is 6.77. The van der Waals surface area contributed by atoms with Crippen LogP contribution in [0, 0.1) is 6.92 Å². The second-order valence-electron chi connectivity index (χ2n) is 7.44. The van der Waals surface area contributed by atoms with Gasteiger partial charge in [-0.15, -0.1) is 0 Å². The Labute approximate surface area is 174 Å². The Morgan fingerprint density at radius 2 is 1.90 bits per heavy atom. The minimum atomic E-state index is -0.782. The van der Waals surface area contributed by atoms with E-state index in [0.29, 0.717) is 18.5 Å². The van der Waals surface area contributed by atoms with Crippen molar-refractivity contribution in [3.05, 3.63) is 47.3 Å². The van der Waals surface area contributed by atoms with Gasteiger partial charge in [-0.25, -0.2) is 0 Å². The van der Waals surface area contributed by atoms with E-state index in [-0.39, 0.29) is 24.8 Å². The van der Waals surface area contributed by atoms with Gasteiger partial charge in [0.15, 0.2) is 0 Å². The number of aryl methyl sites for hydroxylation is 2. The molecule has 0 aliphatic carbocycles. The predicted octanol–water partition coefficient (Wildman–Crippen LogP) is 1.07. The Bertz CT molecular complexity index is 995. The van der Waals surface area contributed by atoms with E-state index in [1.54, 1.807) is 42.2 Å². The third kappa shape index (κ3) is 4.24. The fourth-order valence-corrected chi connectivity index (χ4v) is 3.70. The zero-order valence-corrected chi connectivity index (χ0v) is 17.2. The molecule has 4 amide bonds. The molecule has 9 heteroatoms. The number of carbonyl (C=O) groups is 4. The van der Waals surface area contributed by atoms with E-state index in [0.717, 1.165) is 16.8 Å². The smallest absolute Gasteiger partial charge is 0.313 e. The van der Waals surface area contributed by atoms with E-state index < -0.39 is 17.2 Å². The number of nitrogens with zero attached hydrogens (tertiary/aromatic N) is 2. The van der Waals surface area contributed by atoms with Crippen molar-refractivity contribution in [2.75, 3.05) is 5.32 Å². The van der Waals surface area contributed by atoms with Crippen LogP contribution in [0.1, 0.15) is 43.0 Å². The minimum absolute atomic E-state index is 0.206. The summed E-state index contributed by atoms with van der Waals surface area (Å²) in [6.07, 6.45) is 3.06. The fourth-order valence-electron chi connectivity index (χ4n) is 3.70. The second-order valence-corrected chi connectivity index (χ2v) is 7.44. The Balaban J connectivity index is 1.62. The van der Waals surface area contributed by atoms with Crippen LogP contribution in [0.15, 0.2) is 30.5 Å². The van der Waals surface area contributed by atoms with Crippen molar-refractivity contribution in [1.29, 1.82) is 0 Å². The molecule has 1 fully saturated rings. The molecule has 0 radical (unpaired) electrons. The van der Waals surface area contributed by atoms with Gasteiger partial charge in [0.25, 0.3) is 0 Å². The number of nitrogens with one attached hydrogen (secondary N) is 3. The number of piperidine rings is 1. The van der Waals surface area contributed by atoms with Gasteiger partial charge in [-0.3, -0.25) is 29.2 Å². The van der Waals surface area contributed by atoms with E-state index >= 15 is 0 Å². The van der Waals surface area contributed by atoms with Crippen LogP contribution < -0.4 is 16.0 Å². The lowest BCUT2D eigenvalue weighted by Gasteiger charge is -2.35. The molecule has 3 rings (SSSR count). The lowest BCUT2D eigenvalue weighted by atomic mass is 9.72. The molecule has 1 saturated heterocycles. The van der Waals surface area contributed by atoms with Crippen molar-refractivity contribution in [1.82, 2.24) is 20.4 Å². The zero-order valence-electron chi connectivity index (χ0n) is 17.2. The molecule has 1 atom stereocenters. The number of hydrogen-bond donors (Lipinski definition) is 3. The van der Waals surface area contributed by atoms with Crippen LogP contribution in [0.2, 0.25) is 0 Å². The topological polar surface area (TPSA) is 122 Å². The van der Waals surface area contributed by atoms with Crippen LogP contribution in [0.3, 0.4) is 0 Å². The molecule has 2 heterocycles. The van der Waals surface area contributed by atoms with Crippen LogP contribution in [0.25, 0.3) is 0 Å². The highest BCUT2D eigenvalue weighted by Gasteiger charge is 2.42.